The maximum Gasteiger partial charge on any atom is 0.337 e. The van der Waals surface area contributed by atoms with E-state index in [9.17, 15) is 4.79 Å². The van der Waals surface area contributed by atoms with Gasteiger partial charge in [-0.15, -0.1) is 6.58 Å². The van der Waals surface area contributed by atoms with Crippen molar-refractivity contribution in [2.75, 3.05) is 17.6 Å². The van der Waals surface area contributed by atoms with Gasteiger partial charge in [-0.2, -0.15) is 0 Å². The van der Waals surface area contributed by atoms with Crippen molar-refractivity contribution in [2.45, 2.75) is 6.92 Å². The number of nitrogens with one attached hydrogen (secondary N) is 1. The smallest absolute Gasteiger partial charge is 0.337 e. The maximum atomic E-state index is 10.9. The summed E-state index contributed by atoms with van der Waals surface area (Å²) < 4.78 is 0. The number of benzene rings is 1. The highest BCUT2D eigenvalue weighted by molar-refractivity contribution is 5.95. The summed E-state index contributed by atoms with van der Waals surface area (Å²) in [5.74, 6) is -1.02. The predicted molar refractivity (Wildman–Crippen MR) is 61.2 cm³/mol. The molecule has 1 aromatic rings. The summed E-state index contributed by atoms with van der Waals surface area (Å²) in [6.07, 6.45) is 1.70. The van der Waals surface area contributed by atoms with Gasteiger partial charge in [0.25, 0.3) is 0 Å². The number of carboxylic acid groups (broad SMARTS) is 1. The fourth-order valence-corrected chi connectivity index (χ4v) is 1.27. The largest absolute Gasteiger partial charge is 0.478 e. The van der Waals surface area contributed by atoms with Crippen LogP contribution in [-0.4, -0.2) is 17.6 Å². The van der Waals surface area contributed by atoms with E-state index >= 15 is 0 Å². The van der Waals surface area contributed by atoms with Crippen molar-refractivity contribution in [2.24, 2.45) is 0 Å². The third-order valence-corrected chi connectivity index (χ3v) is 2.07. The Kier molecular flexibility index (Phi) is 3.33. The lowest BCUT2D eigenvalue weighted by Gasteiger charge is -2.09. The van der Waals surface area contributed by atoms with Crippen molar-refractivity contribution in [1.29, 1.82) is 0 Å². The molecule has 1 rings (SSSR count). The van der Waals surface area contributed by atoms with E-state index in [1.807, 2.05) is 6.07 Å². The van der Waals surface area contributed by atoms with E-state index in [0.29, 0.717) is 12.2 Å². The van der Waals surface area contributed by atoms with Gasteiger partial charge in [0.1, 0.15) is 0 Å². The Morgan fingerprint density at radius 2 is 2.33 bits per heavy atom. The van der Waals surface area contributed by atoms with Crippen LogP contribution in [0.4, 0.5) is 11.4 Å². The van der Waals surface area contributed by atoms with E-state index in [-0.39, 0.29) is 5.56 Å². The van der Waals surface area contributed by atoms with E-state index in [2.05, 4.69) is 11.9 Å². The quantitative estimate of drug-likeness (QED) is 0.519. The summed E-state index contributed by atoms with van der Waals surface area (Å²) in [7, 11) is 0. The summed E-state index contributed by atoms with van der Waals surface area (Å²) in [4.78, 5) is 10.9. The molecule has 4 nitrogen and oxygen atoms in total. The fourth-order valence-electron chi connectivity index (χ4n) is 1.27. The van der Waals surface area contributed by atoms with Crippen LogP contribution in [0.5, 0.6) is 0 Å². The lowest BCUT2D eigenvalue weighted by atomic mass is 10.1. The third kappa shape index (κ3) is 2.49. The first-order chi connectivity index (χ1) is 7.06. The van der Waals surface area contributed by atoms with E-state index in [1.165, 1.54) is 6.07 Å². The SMILES string of the molecule is C=CCNc1cc(C)c(N)c(C(=O)O)c1. The number of hydrogen-bond acceptors (Lipinski definition) is 3. The van der Waals surface area contributed by atoms with E-state index in [0.717, 1.165) is 11.3 Å². The van der Waals surface area contributed by atoms with E-state index < -0.39 is 5.97 Å². The minimum atomic E-state index is -1.02. The molecule has 0 bridgehead atoms. The minimum absolute atomic E-state index is 0.126. The summed E-state index contributed by atoms with van der Waals surface area (Å²) in [6, 6.07) is 3.33. The van der Waals surface area contributed by atoms with Gasteiger partial charge in [0.05, 0.1) is 5.56 Å². The Hall–Kier alpha value is -1.97. The lowest BCUT2D eigenvalue weighted by molar-refractivity contribution is 0.0698. The van der Waals surface area contributed by atoms with Gasteiger partial charge in [-0.1, -0.05) is 6.08 Å². The molecule has 0 saturated heterocycles. The van der Waals surface area contributed by atoms with E-state index in [4.69, 9.17) is 10.8 Å². The Morgan fingerprint density at radius 1 is 1.67 bits per heavy atom. The molecule has 80 valence electrons. The Balaban J connectivity index is 3.11. The number of rotatable bonds is 4. The number of hydrogen-bond donors (Lipinski definition) is 3. The Labute approximate surface area is 88.4 Å². The van der Waals surface area contributed by atoms with Gasteiger partial charge in [0, 0.05) is 17.9 Å². The number of anilines is 2. The molecule has 0 heterocycles. The van der Waals surface area contributed by atoms with Crippen molar-refractivity contribution in [3.8, 4) is 0 Å². The number of aryl methyl sites for hydroxylation is 1. The number of nitrogens with two attached hydrogens (primary N) is 1. The van der Waals surface area contributed by atoms with Crippen LogP contribution >= 0.6 is 0 Å². The third-order valence-electron chi connectivity index (χ3n) is 2.07. The molecule has 0 atom stereocenters. The molecule has 0 aliphatic rings. The van der Waals surface area contributed by atoms with Crippen molar-refractivity contribution < 1.29 is 9.90 Å². The average Bonchev–Trinajstić information content (AvgIpc) is 2.19. The second-order valence-corrected chi connectivity index (χ2v) is 3.23. The molecule has 15 heavy (non-hydrogen) atoms. The van der Waals surface area contributed by atoms with Gasteiger partial charge >= 0.3 is 5.97 Å². The Bertz CT molecular complexity index is 400. The normalized spacial score (nSPS) is 9.67. The molecule has 0 spiro atoms. The standard InChI is InChI=1S/C11H14N2O2/c1-3-4-13-8-5-7(2)10(12)9(6-8)11(14)15/h3,5-6,13H,1,4,12H2,2H3,(H,14,15). The highest BCUT2D eigenvalue weighted by Gasteiger charge is 2.11. The van der Waals surface area contributed by atoms with Gasteiger partial charge in [-0.25, -0.2) is 4.79 Å². The van der Waals surface area contributed by atoms with Crippen LogP contribution < -0.4 is 11.1 Å². The molecule has 0 radical (unpaired) electrons. The van der Waals surface area contributed by atoms with E-state index in [1.54, 1.807) is 13.0 Å². The molecule has 0 aromatic heterocycles. The molecule has 4 N–H and O–H groups in total. The number of nitrogen functional groups attached to an aromatic ring is 1. The Morgan fingerprint density at radius 3 is 2.87 bits per heavy atom. The monoisotopic (exact) mass is 206 g/mol. The first-order valence-electron chi connectivity index (χ1n) is 4.54. The fraction of sp³-hybridized carbons (Fsp3) is 0.182. The lowest BCUT2D eigenvalue weighted by Crippen LogP contribution is -2.07. The van der Waals surface area contributed by atoms with Gasteiger partial charge in [-0.3, -0.25) is 0 Å². The molecule has 0 saturated carbocycles. The van der Waals surface area contributed by atoms with Crippen LogP contribution in [0, 0.1) is 6.92 Å². The minimum Gasteiger partial charge on any atom is -0.478 e. The molecule has 1 aromatic carbocycles. The van der Waals surface area contributed by atoms with Crippen LogP contribution in [0.2, 0.25) is 0 Å². The van der Waals surface area contributed by atoms with Crippen molar-refractivity contribution in [3.05, 3.63) is 35.9 Å². The number of carboxylic acids is 1. The molecular weight excluding hydrogens is 192 g/mol. The summed E-state index contributed by atoms with van der Waals surface area (Å²) >= 11 is 0. The predicted octanol–water partition coefficient (Wildman–Crippen LogP) is 1.87. The molecule has 0 unspecified atom stereocenters. The number of carbonyl (C=O) groups is 1. The molecule has 4 heteroatoms. The summed E-state index contributed by atoms with van der Waals surface area (Å²) in [6.45, 7) is 5.93. The van der Waals surface area contributed by atoms with Crippen molar-refractivity contribution >= 4 is 17.3 Å². The zero-order chi connectivity index (χ0) is 11.4. The molecule has 0 fully saturated rings. The first-order valence-corrected chi connectivity index (χ1v) is 4.54. The van der Waals surface area contributed by atoms with Crippen LogP contribution in [-0.2, 0) is 0 Å². The molecule has 0 aliphatic heterocycles. The van der Waals surface area contributed by atoms with Gasteiger partial charge in [-0.05, 0) is 24.6 Å². The number of aromatic carboxylic acids is 1. The van der Waals surface area contributed by atoms with Gasteiger partial charge < -0.3 is 16.2 Å². The van der Waals surface area contributed by atoms with Gasteiger partial charge in [0.15, 0.2) is 0 Å². The molecular formula is C11H14N2O2. The van der Waals surface area contributed by atoms with Gasteiger partial charge in [0.2, 0.25) is 0 Å². The first kappa shape index (κ1) is 11.1. The second-order valence-electron chi connectivity index (χ2n) is 3.23. The highest BCUT2D eigenvalue weighted by atomic mass is 16.4. The molecule has 0 aliphatic carbocycles. The maximum absolute atomic E-state index is 10.9. The summed E-state index contributed by atoms with van der Waals surface area (Å²) in [5, 5.41) is 11.9. The highest BCUT2D eigenvalue weighted by Crippen LogP contribution is 2.22. The zero-order valence-electron chi connectivity index (χ0n) is 8.58. The topological polar surface area (TPSA) is 75.3 Å². The van der Waals surface area contributed by atoms with Crippen LogP contribution in [0.3, 0.4) is 0 Å². The van der Waals surface area contributed by atoms with Crippen molar-refractivity contribution in [1.82, 2.24) is 0 Å². The van der Waals surface area contributed by atoms with Crippen LogP contribution in [0.15, 0.2) is 24.8 Å². The summed E-state index contributed by atoms with van der Waals surface area (Å²) in [5.41, 5.74) is 7.58. The van der Waals surface area contributed by atoms with Crippen LogP contribution in [0.1, 0.15) is 15.9 Å². The average molecular weight is 206 g/mol. The zero-order valence-corrected chi connectivity index (χ0v) is 8.58. The van der Waals surface area contributed by atoms with Crippen LogP contribution in [0.25, 0.3) is 0 Å². The molecule has 0 amide bonds. The second kappa shape index (κ2) is 4.50. The van der Waals surface area contributed by atoms with Crippen molar-refractivity contribution in [3.63, 3.8) is 0 Å².